The van der Waals surface area contributed by atoms with E-state index in [0.29, 0.717) is 0 Å². The van der Waals surface area contributed by atoms with Crippen LogP contribution in [0.4, 0.5) is 0 Å². The van der Waals surface area contributed by atoms with Gasteiger partial charge in [-0.15, -0.1) is 11.3 Å². The largest absolute Gasteiger partial charge is 0.259 e. The molecule has 10 heavy (non-hydrogen) atoms. The van der Waals surface area contributed by atoms with Crippen LogP contribution < -0.4 is 0 Å². The van der Waals surface area contributed by atoms with Gasteiger partial charge in [0.1, 0.15) is 0 Å². The molecule has 0 unspecified atom stereocenters. The van der Waals surface area contributed by atoms with Crippen molar-refractivity contribution >= 4 is 17.4 Å². The van der Waals surface area contributed by atoms with Gasteiger partial charge in [-0.05, 0) is 11.4 Å². The lowest BCUT2D eigenvalue weighted by Crippen LogP contribution is -1.80. The van der Waals surface area contributed by atoms with Gasteiger partial charge in [-0.25, -0.2) is 0 Å². The molecule has 52 valence electrons. The predicted molar refractivity (Wildman–Crippen MR) is 40.3 cm³/mol. The number of nitro groups is 1. The maximum absolute atomic E-state index is 9.82. The molecule has 0 aliphatic rings. The van der Waals surface area contributed by atoms with E-state index in [0.717, 1.165) is 11.1 Å². The topological polar surface area (TPSA) is 43.1 Å². The van der Waals surface area contributed by atoms with Gasteiger partial charge in [0.2, 0.25) is 6.20 Å². The number of hydrogen-bond acceptors (Lipinski definition) is 3. The minimum atomic E-state index is -0.472. The van der Waals surface area contributed by atoms with Crippen molar-refractivity contribution in [3.63, 3.8) is 0 Å². The number of thiophene rings is 1. The van der Waals surface area contributed by atoms with E-state index in [-0.39, 0.29) is 0 Å². The summed E-state index contributed by atoms with van der Waals surface area (Å²) in [5, 5.41) is 11.7. The van der Waals surface area contributed by atoms with Gasteiger partial charge >= 0.3 is 0 Å². The van der Waals surface area contributed by atoms with Crippen LogP contribution >= 0.6 is 11.3 Å². The Hall–Kier alpha value is -1.16. The SMILES string of the molecule is O=[N+]([O-])C=Cc1cccs1. The molecular weight excluding hydrogens is 150 g/mol. The smallest absolute Gasteiger partial charge is 0.235 e. The van der Waals surface area contributed by atoms with Crippen molar-refractivity contribution in [2.75, 3.05) is 0 Å². The molecular formula is C6H5NO2S. The molecule has 1 rings (SSSR count). The van der Waals surface area contributed by atoms with E-state index in [1.165, 1.54) is 17.4 Å². The summed E-state index contributed by atoms with van der Waals surface area (Å²) < 4.78 is 0. The van der Waals surface area contributed by atoms with Crippen LogP contribution in [0.2, 0.25) is 0 Å². The zero-order chi connectivity index (χ0) is 7.40. The van der Waals surface area contributed by atoms with E-state index in [1.54, 1.807) is 0 Å². The van der Waals surface area contributed by atoms with E-state index < -0.39 is 4.92 Å². The first kappa shape index (κ1) is 6.95. The van der Waals surface area contributed by atoms with Crippen molar-refractivity contribution in [2.45, 2.75) is 0 Å². The van der Waals surface area contributed by atoms with Gasteiger partial charge in [-0.2, -0.15) is 0 Å². The number of rotatable bonds is 2. The second-order valence-corrected chi connectivity index (χ2v) is 2.60. The van der Waals surface area contributed by atoms with Gasteiger partial charge in [-0.3, -0.25) is 10.1 Å². The number of hydrogen-bond donors (Lipinski definition) is 0. The van der Waals surface area contributed by atoms with Crippen LogP contribution in [0.25, 0.3) is 6.08 Å². The second kappa shape index (κ2) is 3.12. The maximum atomic E-state index is 9.82. The first-order valence-corrected chi connectivity index (χ1v) is 3.52. The highest BCUT2D eigenvalue weighted by molar-refractivity contribution is 7.10. The fraction of sp³-hybridized carbons (Fsp3) is 0. The van der Waals surface area contributed by atoms with E-state index >= 15 is 0 Å². The van der Waals surface area contributed by atoms with Crippen LogP contribution in [0.5, 0.6) is 0 Å². The molecule has 0 aliphatic heterocycles. The lowest BCUT2D eigenvalue weighted by molar-refractivity contribution is -0.400. The fourth-order valence-electron chi connectivity index (χ4n) is 0.520. The summed E-state index contributed by atoms with van der Waals surface area (Å²) in [5.74, 6) is 0. The monoisotopic (exact) mass is 155 g/mol. The summed E-state index contributed by atoms with van der Waals surface area (Å²) in [4.78, 5) is 10.2. The quantitative estimate of drug-likeness (QED) is 0.484. The Balaban J connectivity index is 2.64. The van der Waals surface area contributed by atoms with Crippen molar-refractivity contribution in [1.29, 1.82) is 0 Å². The minimum Gasteiger partial charge on any atom is -0.259 e. The van der Waals surface area contributed by atoms with Gasteiger partial charge < -0.3 is 0 Å². The average molecular weight is 155 g/mol. The fourth-order valence-corrected chi connectivity index (χ4v) is 1.13. The normalized spacial score (nSPS) is 10.4. The molecule has 0 atom stereocenters. The molecule has 0 N–H and O–H groups in total. The molecule has 0 saturated heterocycles. The lowest BCUT2D eigenvalue weighted by Gasteiger charge is -1.77. The summed E-state index contributed by atoms with van der Waals surface area (Å²) in [6, 6.07) is 3.68. The molecule has 0 aromatic carbocycles. The van der Waals surface area contributed by atoms with Crippen molar-refractivity contribution in [3.05, 3.63) is 38.7 Å². The third-order valence-corrected chi connectivity index (χ3v) is 1.74. The molecule has 0 spiro atoms. The van der Waals surface area contributed by atoms with Crippen LogP contribution in [-0.4, -0.2) is 4.92 Å². The lowest BCUT2D eigenvalue weighted by atomic mass is 10.5. The van der Waals surface area contributed by atoms with E-state index in [1.807, 2.05) is 17.5 Å². The molecule has 0 bridgehead atoms. The van der Waals surface area contributed by atoms with Gasteiger partial charge in [0.25, 0.3) is 0 Å². The molecule has 0 amide bonds. The zero-order valence-electron chi connectivity index (χ0n) is 5.06. The summed E-state index contributed by atoms with van der Waals surface area (Å²) in [7, 11) is 0. The van der Waals surface area contributed by atoms with Crippen molar-refractivity contribution in [1.82, 2.24) is 0 Å². The Morgan fingerprint density at radius 2 is 2.50 bits per heavy atom. The maximum Gasteiger partial charge on any atom is 0.235 e. The van der Waals surface area contributed by atoms with Gasteiger partial charge in [-0.1, -0.05) is 6.07 Å². The van der Waals surface area contributed by atoms with Crippen LogP contribution in [0.15, 0.2) is 23.7 Å². The molecule has 3 nitrogen and oxygen atoms in total. The minimum absolute atomic E-state index is 0.472. The summed E-state index contributed by atoms with van der Waals surface area (Å²) in [6.45, 7) is 0. The van der Waals surface area contributed by atoms with Crippen LogP contribution in [-0.2, 0) is 0 Å². The van der Waals surface area contributed by atoms with Crippen molar-refractivity contribution in [3.8, 4) is 0 Å². The highest BCUT2D eigenvalue weighted by Crippen LogP contribution is 2.09. The Labute approximate surface area is 61.8 Å². The highest BCUT2D eigenvalue weighted by atomic mass is 32.1. The Morgan fingerprint density at radius 3 is 3.00 bits per heavy atom. The summed E-state index contributed by atoms with van der Waals surface area (Å²) in [5.41, 5.74) is 0. The van der Waals surface area contributed by atoms with E-state index in [4.69, 9.17) is 0 Å². The number of nitrogens with zero attached hydrogens (tertiary/aromatic N) is 1. The first-order valence-electron chi connectivity index (χ1n) is 2.64. The van der Waals surface area contributed by atoms with Gasteiger partial charge in [0, 0.05) is 11.0 Å². The molecule has 1 aromatic rings. The Kier molecular flexibility index (Phi) is 2.17. The van der Waals surface area contributed by atoms with E-state index in [2.05, 4.69) is 0 Å². The van der Waals surface area contributed by atoms with Crippen LogP contribution in [0.1, 0.15) is 4.88 Å². The van der Waals surface area contributed by atoms with Gasteiger partial charge in [0.05, 0.1) is 4.92 Å². The zero-order valence-corrected chi connectivity index (χ0v) is 5.88. The third-order valence-electron chi connectivity index (χ3n) is 0.904. The van der Waals surface area contributed by atoms with E-state index in [9.17, 15) is 10.1 Å². The molecule has 0 saturated carbocycles. The molecule has 0 fully saturated rings. The molecule has 0 aliphatic carbocycles. The van der Waals surface area contributed by atoms with Gasteiger partial charge in [0.15, 0.2) is 0 Å². The van der Waals surface area contributed by atoms with Crippen LogP contribution in [0.3, 0.4) is 0 Å². The first-order chi connectivity index (χ1) is 4.79. The Morgan fingerprint density at radius 1 is 1.70 bits per heavy atom. The van der Waals surface area contributed by atoms with Crippen molar-refractivity contribution in [2.24, 2.45) is 0 Å². The third kappa shape index (κ3) is 1.99. The summed E-state index contributed by atoms with van der Waals surface area (Å²) >= 11 is 1.47. The van der Waals surface area contributed by atoms with Crippen LogP contribution in [0, 0.1) is 10.1 Å². The van der Waals surface area contributed by atoms with Crippen molar-refractivity contribution < 1.29 is 4.92 Å². The average Bonchev–Trinajstić information content (AvgIpc) is 2.34. The summed E-state index contributed by atoms with van der Waals surface area (Å²) in [6.07, 6.45) is 2.41. The predicted octanol–water partition coefficient (Wildman–Crippen LogP) is 2.00. The second-order valence-electron chi connectivity index (χ2n) is 1.62. The standard InChI is InChI=1S/C6H5NO2S/c8-7(9)4-3-6-2-1-5-10-6/h1-5H. The molecule has 1 heterocycles. The Bertz CT molecular complexity index is 240. The highest BCUT2D eigenvalue weighted by Gasteiger charge is 1.88. The molecule has 1 aromatic heterocycles. The molecule has 4 heteroatoms. The molecule has 0 radical (unpaired) electrons.